The highest BCUT2D eigenvalue weighted by Gasteiger charge is 2.20. The zero-order valence-electron chi connectivity index (χ0n) is 13.8. The predicted octanol–water partition coefficient (Wildman–Crippen LogP) is 3.07. The van der Waals surface area contributed by atoms with E-state index in [0.29, 0.717) is 5.92 Å². The molecule has 1 N–H and O–H groups in total. The number of hydrogen-bond donors (Lipinski definition) is 1. The Morgan fingerprint density at radius 1 is 1.55 bits per heavy atom. The number of guanidine groups is 1. The summed E-state index contributed by atoms with van der Waals surface area (Å²) < 4.78 is 5.38. The summed E-state index contributed by atoms with van der Waals surface area (Å²) in [6, 6.07) is 0. The zero-order chi connectivity index (χ0) is 16.4. The molecule has 122 valence electrons. The number of rotatable bonds is 8. The molecule has 0 radical (unpaired) electrons. The summed E-state index contributed by atoms with van der Waals surface area (Å²) in [7, 11) is 2.02. The van der Waals surface area contributed by atoms with E-state index in [1.807, 2.05) is 37.3 Å². The van der Waals surface area contributed by atoms with Crippen LogP contribution in [0.15, 0.2) is 47.1 Å². The lowest BCUT2D eigenvalue weighted by Crippen LogP contribution is -2.36. The molecule has 0 spiro atoms. The van der Waals surface area contributed by atoms with Gasteiger partial charge in [0.25, 0.3) is 0 Å². The topological polar surface area (TPSA) is 43.2 Å². The Balaban J connectivity index is 2.53. The number of aliphatic imine (C=N–C) groups is 1. The third-order valence-corrected chi connectivity index (χ3v) is 3.91. The van der Waals surface area contributed by atoms with Crippen molar-refractivity contribution in [3.8, 4) is 0 Å². The summed E-state index contributed by atoms with van der Waals surface area (Å²) >= 11 is 1.50. The van der Waals surface area contributed by atoms with Gasteiger partial charge in [0.15, 0.2) is 0 Å². The van der Waals surface area contributed by atoms with Crippen LogP contribution in [-0.2, 0) is 0 Å². The highest BCUT2D eigenvalue weighted by molar-refractivity contribution is 7.95. The third kappa shape index (κ3) is 6.07. The van der Waals surface area contributed by atoms with E-state index in [1.165, 1.54) is 12.1 Å². The first-order valence-corrected chi connectivity index (χ1v) is 8.36. The van der Waals surface area contributed by atoms with Gasteiger partial charge in [0.05, 0.1) is 6.54 Å². The molecule has 1 atom stereocenters. The highest BCUT2D eigenvalue weighted by Crippen LogP contribution is 2.13. The summed E-state index contributed by atoms with van der Waals surface area (Å²) in [6.07, 6.45) is 8.68. The fourth-order valence-electron chi connectivity index (χ4n) is 1.93. The molecule has 0 aromatic heterocycles. The van der Waals surface area contributed by atoms with E-state index in [-0.39, 0.29) is 0 Å². The van der Waals surface area contributed by atoms with Crippen LogP contribution in [-0.4, -0.2) is 48.2 Å². The van der Waals surface area contributed by atoms with Gasteiger partial charge in [0.2, 0.25) is 5.96 Å². The van der Waals surface area contributed by atoms with Crippen molar-refractivity contribution in [1.82, 2.24) is 14.0 Å². The smallest absolute Gasteiger partial charge is 0.225 e. The Morgan fingerprint density at radius 2 is 2.32 bits per heavy atom. The van der Waals surface area contributed by atoms with Crippen LogP contribution in [0, 0.1) is 5.92 Å². The minimum Gasteiger partial charge on any atom is -0.285 e. The average Bonchev–Trinajstić information content (AvgIpc) is 2.99. The maximum absolute atomic E-state index is 4.50. The summed E-state index contributed by atoms with van der Waals surface area (Å²) in [5.74, 6) is 1.31. The van der Waals surface area contributed by atoms with Crippen LogP contribution in [0.5, 0.6) is 0 Å². The Morgan fingerprint density at radius 3 is 2.86 bits per heavy atom. The van der Waals surface area contributed by atoms with Gasteiger partial charge in [0.1, 0.15) is 0 Å². The van der Waals surface area contributed by atoms with Crippen LogP contribution < -0.4 is 4.72 Å². The molecule has 0 saturated carbocycles. The number of allylic oxidation sites excluding steroid dienone is 2. The summed E-state index contributed by atoms with van der Waals surface area (Å²) in [4.78, 5) is 4.50. The molecule has 0 aliphatic carbocycles. The number of likely N-dealkylation sites (N-methyl/N-ethyl adjacent to an activating group) is 1. The molecule has 5 nitrogen and oxygen atoms in total. The van der Waals surface area contributed by atoms with Gasteiger partial charge >= 0.3 is 0 Å². The number of hydrogen-bond acceptors (Lipinski definition) is 4. The standard InChI is InChI=1S/C16H27N5S/c1-6-10-14(7-2)12-20(5)22-19-16(17-9-4)21-13-15(8-3)11-18-21/h6-7,10-11,15H,1-2,8-9,12-13H2,3-5H3,(H,17,19)/b14-10+. The van der Waals surface area contributed by atoms with Crippen molar-refractivity contribution >= 4 is 24.3 Å². The summed E-state index contributed by atoms with van der Waals surface area (Å²) in [5, 5.41) is 6.37. The molecule has 1 unspecified atom stereocenters. The van der Waals surface area contributed by atoms with E-state index in [9.17, 15) is 0 Å². The van der Waals surface area contributed by atoms with Crippen LogP contribution in [0.1, 0.15) is 20.3 Å². The maximum atomic E-state index is 4.50. The zero-order valence-corrected chi connectivity index (χ0v) is 14.6. The molecule has 1 rings (SSSR count). The lowest BCUT2D eigenvalue weighted by Gasteiger charge is -2.22. The van der Waals surface area contributed by atoms with Crippen LogP contribution in [0.3, 0.4) is 0 Å². The molecule has 0 aromatic carbocycles. The van der Waals surface area contributed by atoms with Gasteiger partial charge < -0.3 is 0 Å². The minimum atomic E-state index is 0.509. The molecule has 1 aliphatic rings. The molecule has 1 heterocycles. The minimum absolute atomic E-state index is 0.509. The average molecular weight is 321 g/mol. The molecule has 0 amide bonds. The molecule has 0 saturated heterocycles. The first kappa shape index (κ1) is 18.5. The van der Waals surface area contributed by atoms with Crippen molar-refractivity contribution in [3.63, 3.8) is 0 Å². The molecule has 0 bridgehead atoms. The van der Waals surface area contributed by atoms with Crippen LogP contribution in [0.25, 0.3) is 0 Å². The molecular weight excluding hydrogens is 294 g/mol. The fraction of sp³-hybridized carbons (Fsp3) is 0.500. The Labute approximate surface area is 138 Å². The Kier molecular flexibility index (Phi) is 8.62. The molecule has 0 aromatic rings. The predicted molar refractivity (Wildman–Crippen MR) is 98.8 cm³/mol. The van der Waals surface area contributed by atoms with E-state index in [2.05, 4.69) is 39.2 Å². The van der Waals surface area contributed by atoms with Crippen LogP contribution in [0.4, 0.5) is 0 Å². The number of hydrazone groups is 1. The molecule has 22 heavy (non-hydrogen) atoms. The third-order valence-electron chi connectivity index (χ3n) is 3.19. The van der Waals surface area contributed by atoms with Gasteiger partial charge in [-0.1, -0.05) is 38.3 Å². The molecule has 0 fully saturated rings. The first-order valence-electron chi connectivity index (χ1n) is 7.58. The lowest BCUT2D eigenvalue weighted by atomic mass is 10.1. The van der Waals surface area contributed by atoms with Gasteiger partial charge in [-0.15, -0.1) is 0 Å². The van der Waals surface area contributed by atoms with Gasteiger partial charge in [-0.2, -0.15) is 5.10 Å². The van der Waals surface area contributed by atoms with Gasteiger partial charge in [-0.25, -0.2) is 9.31 Å². The quantitative estimate of drug-likeness (QED) is 0.323. The number of nitrogens with zero attached hydrogens (tertiary/aromatic N) is 4. The second-order valence-corrected chi connectivity index (χ2v) is 5.98. The summed E-state index contributed by atoms with van der Waals surface area (Å²) in [5.41, 5.74) is 1.12. The van der Waals surface area contributed by atoms with Crippen molar-refractivity contribution in [2.45, 2.75) is 20.3 Å². The van der Waals surface area contributed by atoms with Crippen molar-refractivity contribution in [3.05, 3.63) is 37.0 Å². The van der Waals surface area contributed by atoms with Crippen molar-refractivity contribution in [1.29, 1.82) is 0 Å². The fourth-order valence-corrected chi connectivity index (χ4v) is 2.55. The largest absolute Gasteiger partial charge is 0.285 e. The van der Waals surface area contributed by atoms with Gasteiger partial charge in [-0.05, 0) is 26.0 Å². The monoisotopic (exact) mass is 321 g/mol. The van der Waals surface area contributed by atoms with Crippen LogP contribution in [0.2, 0.25) is 0 Å². The van der Waals surface area contributed by atoms with Crippen molar-refractivity contribution < 1.29 is 0 Å². The second-order valence-electron chi connectivity index (χ2n) is 4.97. The maximum Gasteiger partial charge on any atom is 0.225 e. The molecule has 1 aliphatic heterocycles. The van der Waals surface area contributed by atoms with Crippen LogP contribution >= 0.6 is 12.1 Å². The first-order chi connectivity index (χ1) is 10.6. The lowest BCUT2D eigenvalue weighted by molar-refractivity contribution is 0.431. The van der Waals surface area contributed by atoms with Crippen molar-refractivity contribution in [2.75, 3.05) is 26.7 Å². The SMILES string of the molecule is C=C/C=C(\C=C)CN(C)SNC(=NCC)N1CC(CC)C=N1. The van der Waals surface area contributed by atoms with E-state index in [4.69, 9.17) is 0 Å². The van der Waals surface area contributed by atoms with Crippen molar-refractivity contribution in [2.24, 2.45) is 16.0 Å². The van der Waals surface area contributed by atoms with E-state index in [0.717, 1.165) is 37.6 Å². The Bertz CT molecular complexity index is 455. The second kappa shape index (κ2) is 10.2. The number of nitrogens with one attached hydrogen (secondary N) is 1. The normalized spacial score (nSPS) is 18.9. The van der Waals surface area contributed by atoms with Gasteiger partial charge in [0, 0.05) is 37.4 Å². The molecule has 6 heteroatoms. The summed E-state index contributed by atoms with van der Waals surface area (Å²) in [6.45, 7) is 14.1. The Hall–Kier alpha value is -1.53. The highest BCUT2D eigenvalue weighted by atomic mass is 32.2. The van der Waals surface area contributed by atoms with Gasteiger partial charge in [-0.3, -0.25) is 9.71 Å². The van der Waals surface area contributed by atoms with E-state index < -0.39 is 0 Å². The van der Waals surface area contributed by atoms with E-state index >= 15 is 0 Å². The van der Waals surface area contributed by atoms with E-state index in [1.54, 1.807) is 6.08 Å². The molecular formula is C16H27N5S.